The van der Waals surface area contributed by atoms with Crippen LogP contribution in [0.3, 0.4) is 0 Å². The number of rotatable bonds is 2. The minimum absolute atomic E-state index is 0.245. The van der Waals surface area contributed by atoms with Crippen LogP contribution in [0.1, 0.15) is 70.3 Å². The lowest BCUT2D eigenvalue weighted by Gasteiger charge is -2.50. The summed E-state index contributed by atoms with van der Waals surface area (Å²) in [4.78, 5) is 15.8. The van der Waals surface area contributed by atoms with Crippen molar-refractivity contribution in [3.63, 3.8) is 0 Å². The largest absolute Gasteiger partial charge is 0.390 e. The minimum Gasteiger partial charge on any atom is -0.390 e. The molecule has 4 nitrogen and oxygen atoms in total. The lowest BCUT2D eigenvalue weighted by Crippen LogP contribution is -2.57. The molecular formula is C23H33NO3. The van der Waals surface area contributed by atoms with Crippen molar-refractivity contribution in [3.05, 3.63) is 35.9 Å². The average Bonchev–Trinajstić information content (AvgIpc) is 2.68. The molecule has 1 N–H and O–H groups in total. The molecule has 4 heteroatoms. The average molecular weight is 372 g/mol. The summed E-state index contributed by atoms with van der Waals surface area (Å²) < 4.78 is 6.13. The maximum Gasteiger partial charge on any atom is 0.233 e. The summed E-state index contributed by atoms with van der Waals surface area (Å²) in [5.74, 6) is 0.311. The normalized spacial score (nSPS) is 30.2. The third-order valence-corrected chi connectivity index (χ3v) is 7.16. The third-order valence-electron chi connectivity index (χ3n) is 7.16. The summed E-state index contributed by atoms with van der Waals surface area (Å²) in [5.41, 5.74) is -0.0423. The van der Waals surface area contributed by atoms with Crippen molar-refractivity contribution >= 4 is 5.91 Å². The van der Waals surface area contributed by atoms with E-state index in [1.165, 1.54) is 12.0 Å². The number of benzene rings is 1. The predicted molar refractivity (Wildman–Crippen MR) is 106 cm³/mol. The Bertz CT molecular complexity index is 655. The molecule has 27 heavy (non-hydrogen) atoms. The van der Waals surface area contributed by atoms with Crippen molar-refractivity contribution in [2.75, 3.05) is 19.7 Å². The van der Waals surface area contributed by atoms with Crippen LogP contribution in [0.25, 0.3) is 0 Å². The summed E-state index contributed by atoms with van der Waals surface area (Å²) in [6.07, 6.45) is 8.47. The Morgan fingerprint density at radius 1 is 1.00 bits per heavy atom. The van der Waals surface area contributed by atoms with Crippen LogP contribution in [-0.4, -0.2) is 46.8 Å². The highest BCUT2D eigenvalue weighted by Gasteiger charge is 2.48. The lowest BCUT2D eigenvalue weighted by atomic mass is 9.68. The van der Waals surface area contributed by atoms with Crippen molar-refractivity contribution < 1.29 is 14.6 Å². The van der Waals surface area contributed by atoms with Crippen molar-refractivity contribution in [2.45, 2.75) is 81.3 Å². The zero-order chi connectivity index (χ0) is 19.0. The summed E-state index contributed by atoms with van der Waals surface area (Å²) in [7, 11) is 0. The molecule has 0 aromatic heterocycles. The Morgan fingerprint density at radius 3 is 2.30 bits per heavy atom. The first-order valence-corrected chi connectivity index (χ1v) is 10.7. The standard InChI is InChI=1S/C23H33NO3/c1-21(26)14-17-27-22(18-21)12-15-24(16-13-22)20(25)23(10-6-3-7-11-23)19-8-4-2-5-9-19/h2,4-5,8-9,26H,3,6-7,10-18H2,1H3. The number of ether oxygens (including phenoxy) is 1. The third kappa shape index (κ3) is 3.66. The highest BCUT2D eigenvalue weighted by Crippen LogP contribution is 2.44. The first-order valence-electron chi connectivity index (χ1n) is 10.7. The van der Waals surface area contributed by atoms with Gasteiger partial charge in [-0.3, -0.25) is 4.79 Å². The van der Waals surface area contributed by atoms with E-state index in [2.05, 4.69) is 29.2 Å². The molecule has 1 spiro atoms. The van der Waals surface area contributed by atoms with Crippen LogP contribution in [0.5, 0.6) is 0 Å². The molecule has 2 heterocycles. The summed E-state index contributed by atoms with van der Waals surface area (Å²) in [6, 6.07) is 10.4. The van der Waals surface area contributed by atoms with Crippen molar-refractivity contribution in [1.82, 2.24) is 4.90 Å². The van der Waals surface area contributed by atoms with E-state index in [0.717, 1.165) is 51.6 Å². The van der Waals surface area contributed by atoms with Gasteiger partial charge in [0.05, 0.1) is 23.2 Å². The van der Waals surface area contributed by atoms with Gasteiger partial charge in [-0.25, -0.2) is 0 Å². The fraction of sp³-hybridized carbons (Fsp3) is 0.696. The Morgan fingerprint density at radius 2 is 1.67 bits per heavy atom. The number of hydrogen-bond donors (Lipinski definition) is 1. The van der Waals surface area contributed by atoms with Crippen LogP contribution in [0.15, 0.2) is 30.3 Å². The monoisotopic (exact) mass is 371 g/mol. The molecule has 1 amide bonds. The number of nitrogens with zero attached hydrogens (tertiary/aromatic N) is 1. The van der Waals surface area contributed by atoms with Gasteiger partial charge in [-0.05, 0) is 44.6 Å². The van der Waals surface area contributed by atoms with Crippen molar-refractivity contribution in [2.24, 2.45) is 0 Å². The fourth-order valence-electron chi connectivity index (χ4n) is 5.60. The van der Waals surface area contributed by atoms with Gasteiger partial charge in [0.2, 0.25) is 5.91 Å². The van der Waals surface area contributed by atoms with E-state index in [1.807, 2.05) is 13.0 Å². The highest BCUT2D eigenvalue weighted by atomic mass is 16.5. The van der Waals surface area contributed by atoms with E-state index in [1.54, 1.807) is 0 Å². The van der Waals surface area contributed by atoms with Gasteiger partial charge >= 0.3 is 0 Å². The van der Waals surface area contributed by atoms with Crippen LogP contribution in [0.2, 0.25) is 0 Å². The van der Waals surface area contributed by atoms with Gasteiger partial charge in [0.1, 0.15) is 0 Å². The molecule has 3 aliphatic rings. The molecule has 1 saturated carbocycles. The van der Waals surface area contributed by atoms with Gasteiger partial charge in [-0.2, -0.15) is 0 Å². The van der Waals surface area contributed by atoms with Crippen LogP contribution < -0.4 is 0 Å². The molecule has 2 aliphatic heterocycles. The quantitative estimate of drug-likeness (QED) is 0.860. The molecule has 0 bridgehead atoms. The maximum absolute atomic E-state index is 13.7. The van der Waals surface area contributed by atoms with E-state index in [0.29, 0.717) is 25.4 Å². The number of carbonyl (C=O) groups excluding carboxylic acids is 1. The Labute approximate surface area is 162 Å². The molecule has 148 valence electrons. The second-order valence-electron chi connectivity index (χ2n) is 9.26. The fourth-order valence-corrected chi connectivity index (χ4v) is 5.60. The summed E-state index contributed by atoms with van der Waals surface area (Å²) >= 11 is 0. The van der Waals surface area contributed by atoms with Crippen LogP contribution in [-0.2, 0) is 14.9 Å². The Hall–Kier alpha value is -1.39. The zero-order valence-electron chi connectivity index (χ0n) is 16.6. The molecule has 1 aliphatic carbocycles. The number of aliphatic hydroxyl groups is 1. The van der Waals surface area contributed by atoms with Gasteiger partial charge in [0, 0.05) is 19.5 Å². The lowest BCUT2D eigenvalue weighted by molar-refractivity contribution is -0.177. The van der Waals surface area contributed by atoms with Crippen LogP contribution in [0.4, 0.5) is 0 Å². The highest BCUT2D eigenvalue weighted by molar-refractivity contribution is 5.88. The van der Waals surface area contributed by atoms with E-state index >= 15 is 0 Å². The molecule has 1 aromatic rings. The van der Waals surface area contributed by atoms with Gasteiger partial charge < -0.3 is 14.7 Å². The molecule has 2 saturated heterocycles. The smallest absolute Gasteiger partial charge is 0.233 e. The first kappa shape index (κ1) is 18.9. The maximum atomic E-state index is 13.7. The van der Waals surface area contributed by atoms with Crippen molar-refractivity contribution in [1.29, 1.82) is 0 Å². The molecule has 4 rings (SSSR count). The number of amides is 1. The number of carbonyl (C=O) groups is 1. The second kappa shape index (κ2) is 7.21. The first-order chi connectivity index (χ1) is 12.9. The predicted octanol–water partition coefficient (Wildman–Crippen LogP) is 3.81. The van der Waals surface area contributed by atoms with Gasteiger partial charge in [0.25, 0.3) is 0 Å². The summed E-state index contributed by atoms with van der Waals surface area (Å²) in [6.45, 7) is 4.02. The molecule has 0 radical (unpaired) electrons. The van der Waals surface area contributed by atoms with Gasteiger partial charge in [0.15, 0.2) is 0 Å². The van der Waals surface area contributed by atoms with E-state index in [4.69, 9.17) is 4.74 Å². The Balaban J connectivity index is 1.51. The molecule has 1 unspecified atom stereocenters. The SMILES string of the molecule is CC1(O)CCOC2(CCN(C(=O)C3(c4ccccc4)CCCCC3)CC2)C1. The Kier molecular flexibility index (Phi) is 5.06. The number of piperidine rings is 1. The molecule has 1 aromatic carbocycles. The van der Waals surface area contributed by atoms with Crippen LogP contribution in [0, 0.1) is 0 Å². The number of likely N-dealkylation sites (tertiary alicyclic amines) is 1. The van der Waals surface area contributed by atoms with E-state index in [9.17, 15) is 9.90 Å². The van der Waals surface area contributed by atoms with Crippen LogP contribution >= 0.6 is 0 Å². The summed E-state index contributed by atoms with van der Waals surface area (Å²) in [5, 5.41) is 10.5. The number of hydrogen-bond acceptors (Lipinski definition) is 3. The van der Waals surface area contributed by atoms with Gasteiger partial charge in [-0.1, -0.05) is 49.6 Å². The van der Waals surface area contributed by atoms with Gasteiger partial charge in [-0.15, -0.1) is 0 Å². The molecular weight excluding hydrogens is 338 g/mol. The molecule has 3 fully saturated rings. The topological polar surface area (TPSA) is 49.8 Å². The zero-order valence-corrected chi connectivity index (χ0v) is 16.6. The van der Waals surface area contributed by atoms with E-state index in [-0.39, 0.29) is 11.0 Å². The minimum atomic E-state index is -0.640. The molecule has 1 atom stereocenters. The van der Waals surface area contributed by atoms with E-state index < -0.39 is 5.60 Å². The second-order valence-corrected chi connectivity index (χ2v) is 9.26. The van der Waals surface area contributed by atoms with Crippen molar-refractivity contribution in [3.8, 4) is 0 Å².